The number of anilines is 1. The summed E-state index contributed by atoms with van der Waals surface area (Å²) in [6, 6.07) is -0.267. The molecule has 2 aromatic rings. The smallest absolute Gasteiger partial charge is 0.458 e. The standard InChI is InChI=1S/C76H112N13O25P/c1-19-54(91)83-61(65(43(8)9)114-115(106,107)110-39-50-27-29-51(30-28-50)81-68(97)52(26-23-34-78-76(77)105)82-69(98)58(40(2)3)84-55(92)33-36-109-37-35-89-56(93)31-32-57(89)94)74(103)112-63(41(4)5)59-72(101)88(17)62(47(13)108-18)75(104)113-64(42(6)7)60(80-48(14)90)73(102)111-53(38-49-24-21-20-22-25-49)71(100)87(16)45(11)66(95)79-44(10)70(99)86(15)46(12)67(96)85-59/h20-22,24-25,27-32,40-44,46-47,52-53,58-65H,11,19,23,26,33-39H2,1-10,12-18H3,(H,79,95)(H,80,90)(H,81,97)(H,82,98)(H,83,91)(H,84,92)(H,85,96)(H,106,107)(H3,77,78,105)/t44-,46-,47+,52-,53+,58-,59-,60-,61-,62-,63+,64+,65+/m0/s1. The summed E-state index contributed by atoms with van der Waals surface area (Å²) in [5, 5.41) is 20.3. The summed E-state index contributed by atoms with van der Waals surface area (Å²) < 4.78 is 54.6. The molecule has 2 aliphatic heterocycles. The predicted octanol–water partition coefficient (Wildman–Crippen LogP) is 1.06. The van der Waals surface area contributed by atoms with Crippen LogP contribution in [-0.2, 0) is 122 Å². The molecule has 14 atom stereocenters. The minimum atomic E-state index is -5.35. The Labute approximate surface area is 668 Å². The largest absolute Gasteiger partial charge is 0.472 e. The molecule has 2 aliphatic rings. The van der Waals surface area contributed by atoms with Gasteiger partial charge in [-0.25, -0.2) is 23.7 Å². The highest BCUT2D eigenvalue weighted by molar-refractivity contribution is 7.47. The molecule has 14 amide bonds. The van der Waals surface area contributed by atoms with Gasteiger partial charge in [-0.2, -0.15) is 0 Å². The lowest BCUT2D eigenvalue weighted by Gasteiger charge is -2.39. The van der Waals surface area contributed by atoms with Crippen molar-refractivity contribution in [2.75, 3.05) is 59.9 Å². The van der Waals surface area contributed by atoms with Crippen LogP contribution in [0.5, 0.6) is 0 Å². The van der Waals surface area contributed by atoms with E-state index in [1.54, 1.807) is 44.2 Å². The summed E-state index contributed by atoms with van der Waals surface area (Å²) in [6.45, 7) is 21.5. The van der Waals surface area contributed by atoms with Gasteiger partial charge >= 0.3 is 31.8 Å². The van der Waals surface area contributed by atoms with Crippen LogP contribution in [0.4, 0.5) is 10.5 Å². The monoisotopic (exact) mass is 1640 g/mol. The molecule has 636 valence electrons. The zero-order chi connectivity index (χ0) is 86.6. The van der Waals surface area contributed by atoms with Crippen LogP contribution in [0, 0.1) is 23.7 Å². The first-order valence-electron chi connectivity index (χ1n) is 37.5. The minimum Gasteiger partial charge on any atom is -0.458 e. The molecule has 1 unspecified atom stereocenters. The molecule has 39 heteroatoms. The molecule has 1 fully saturated rings. The lowest BCUT2D eigenvalue weighted by Crippen LogP contribution is -2.64. The molecule has 38 nitrogen and oxygen atoms in total. The zero-order valence-corrected chi connectivity index (χ0v) is 68.9. The summed E-state index contributed by atoms with van der Waals surface area (Å²) in [4.78, 5) is 235. The molecule has 2 aromatic carbocycles. The second kappa shape index (κ2) is 45.5. The van der Waals surface area contributed by atoms with Gasteiger partial charge in [0.15, 0.2) is 24.2 Å². The van der Waals surface area contributed by atoms with Gasteiger partial charge in [-0.05, 0) is 80.5 Å². The molecule has 0 aromatic heterocycles. The van der Waals surface area contributed by atoms with E-state index in [4.69, 9.17) is 38.5 Å². The van der Waals surface area contributed by atoms with E-state index < -0.39 is 217 Å². The van der Waals surface area contributed by atoms with E-state index in [1.165, 1.54) is 108 Å². The van der Waals surface area contributed by atoms with Gasteiger partial charge in [0.2, 0.25) is 47.3 Å². The van der Waals surface area contributed by atoms with Crippen molar-refractivity contribution in [3.8, 4) is 0 Å². The van der Waals surface area contributed by atoms with Crippen molar-refractivity contribution >= 4 is 108 Å². The molecule has 11 N–H and O–H groups in total. The molecule has 115 heavy (non-hydrogen) atoms. The van der Waals surface area contributed by atoms with Gasteiger partial charge in [0, 0.05) is 78.8 Å². The number of carbonyl (C=O) groups is 16. The SMILES string of the molecule is C=C1C(=O)N[C@@H](C)C(=O)N(C)[C@@H](C)C(=O)N[C@@H]([C@H](OC(=O)[C@@H](NC(=O)CC)[C@H](OP(=O)(O)OCc2ccc(NC(=O)[C@H](CCCNC(N)=O)NC(=O)[C@@H](NC(=O)CCOCCN3C(=O)C=CC3=O)C(C)C)cc2)C(C)C)C(C)C)C(=O)N(C)[C@@H]([C@@H](C)OC)C(=O)O[C@H](C(C)C)[C@H](NC(C)=O)C(=O)O[C@H](Cc2ccccc2)C(=O)N1C. The molecule has 0 spiro atoms. The van der Waals surface area contributed by atoms with E-state index in [-0.39, 0.29) is 69.7 Å². The first kappa shape index (κ1) is 96.8. The second-order valence-corrected chi connectivity index (χ2v) is 30.4. The lowest BCUT2D eigenvalue weighted by atomic mass is 9.95. The highest BCUT2D eigenvalue weighted by Crippen LogP contribution is 2.47. The fraction of sp³-hybridized carbons (Fsp3) is 0.579. The molecular weight excluding hydrogens is 1530 g/mol. The fourth-order valence-corrected chi connectivity index (χ4v) is 12.8. The third-order valence-corrected chi connectivity index (χ3v) is 19.7. The number of phosphoric acid groups is 1. The molecule has 0 saturated carbocycles. The molecule has 0 bridgehead atoms. The van der Waals surface area contributed by atoms with Crippen LogP contribution in [0.15, 0.2) is 79.0 Å². The first-order valence-corrected chi connectivity index (χ1v) is 39.0. The number of urea groups is 1. The number of esters is 3. The molecule has 0 aliphatic carbocycles. The van der Waals surface area contributed by atoms with Crippen molar-refractivity contribution in [3.63, 3.8) is 0 Å². The molecule has 1 saturated heterocycles. The van der Waals surface area contributed by atoms with Gasteiger partial charge < -0.3 is 91.5 Å². The third-order valence-electron chi connectivity index (χ3n) is 18.7. The Kier molecular flexibility index (Phi) is 38.3. The van der Waals surface area contributed by atoms with Gasteiger partial charge in [-0.15, -0.1) is 0 Å². The number of imide groups is 1. The summed E-state index contributed by atoms with van der Waals surface area (Å²) in [5.41, 5.74) is 5.55. The number of likely N-dealkylation sites (N-methyl/N-ethyl adjacent to an activating group) is 3. The number of hydrogen-bond acceptors (Lipinski definition) is 24. The highest BCUT2D eigenvalue weighted by atomic mass is 31.2. The maximum Gasteiger partial charge on any atom is 0.472 e. The number of methoxy groups -OCH3 is 1. The summed E-state index contributed by atoms with van der Waals surface area (Å²) in [5.74, 6) is -17.3. The third kappa shape index (κ3) is 29.4. The number of benzene rings is 2. The molecule has 2 heterocycles. The van der Waals surface area contributed by atoms with Crippen LogP contribution >= 0.6 is 7.82 Å². The second-order valence-electron chi connectivity index (χ2n) is 29.0. The van der Waals surface area contributed by atoms with Gasteiger partial charge in [0.1, 0.15) is 54.2 Å². The average Bonchev–Trinajstić information content (AvgIpc) is 1.20. The number of phosphoric ester groups is 1. The number of amides is 14. The maximum absolute atomic E-state index is 15.7. The topological polar surface area (TPSA) is 510 Å². The van der Waals surface area contributed by atoms with E-state index in [2.05, 4.69) is 49.1 Å². The maximum atomic E-state index is 15.7. The Morgan fingerprint density at radius 2 is 1.34 bits per heavy atom. The van der Waals surface area contributed by atoms with E-state index in [0.717, 1.165) is 52.8 Å². The number of primary amides is 1. The van der Waals surface area contributed by atoms with Crippen LogP contribution in [0.25, 0.3) is 0 Å². The van der Waals surface area contributed by atoms with E-state index in [0.29, 0.717) is 5.56 Å². The predicted molar refractivity (Wildman–Crippen MR) is 412 cm³/mol. The van der Waals surface area contributed by atoms with Crippen LogP contribution in [0.3, 0.4) is 0 Å². The summed E-state index contributed by atoms with van der Waals surface area (Å²) in [6.07, 6.45) is -6.81. The van der Waals surface area contributed by atoms with E-state index in [1.807, 2.05) is 0 Å². The van der Waals surface area contributed by atoms with Crippen molar-refractivity contribution in [3.05, 3.63) is 90.2 Å². The van der Waals surface area contributed by atoms with Crippen molar-refractivity contribution < 1.29 is 119 Å². The van der Waals surface area contributed by atoms with Crippen molar-refractivity contribution in [2.45, 2.75) is 208 Å². The molecular formula is C76H112N13O25P. The Morgan fingerprint density at radius 1 is 0.722 bits per heavy atom. The average molecular weight is 1640 g/mol. The molecule has 4 rings (SSSR count). The van der Waals surface area contributed by atoms with Crippen LogP contribution in [-0.4, -0.2) is 253 Å². The molecule has 0 radical (unpaired) electrons. The first-order chi connectivity index (χ1) is 53.9. The minimum absolute atomic E-state index is 0.0184. The summed E-state index contributed by atoms with van der Waals surface area (Å²) >= 11 is 0. The number of nitrogens with two attached hydrogens (primary N) is 1. The van der Waals surface area contributed by atoms with Gasteiger partial charge in [0.25, 0.3) is 23.6 Å². The zero-order valence-electron chi connectivity index (χ0n) is 68.0. The summed E-state index contributed by atoms with van der Waals surface area (Å²) in [7, 11) is -0.697. The van der Waals surface area contributed by atoms with Crippen molar-refractivity contribution in [2.24, 2.45) is 29.4 Å². The Hall–Kier alpha value is -10.5. The van der Waals surface area contributed by atoms with E-state index in [9.17, 15) is 71.8 Å². The van der Waals surface area contributed by atoms with Crippen molar-refractivity contribution in [1.82, 2.24) is 56.8 Å². The Bertz CT molecular complexity index is 3880. The van der Waals surface area contributed by atoms with Crippen LogP contribution in [0.2, 0.25) is 0 Å². The highest BCUT2D eigenvalue weighted by Gasteiger charge is 2.48. The van der Waals surface area contributed by atoms with Crippen molar-refractivity contribution in [1.29, 1.82) is 0 Å². The van der Waals surface area contributed by atoms with E-state index >= 15 is 14.4 Å². The number of hydrogen-bond donors (Lipinski definition) is 10. The fourth-order valence-electron chi connectivity index (χ4n) is 11.8. The number of nitrogens with zero attached hydrogens (tertiary/aromatic N) is 4. The van der Waals surface area contributed by atoms with Gasteiger partial charge in [-0.1, -0.05) is 111 Å². The quantitative estimate of drug-likeness (QED) is 0.0115. The Morgan fingerprint density at radius 3 is 1.90 bits per heavy atom. The van der Waals surface area contributed by atoms with Crippen LogP contribution < -0.4 is 48.3 Å². The Balaban J connectivity index is 1.69. The van der Waals surface area contributed by atoms with Gasteiger partial charge in [-0.3, -0.25) is 71.5 Å². The number of ether oxygens (including phenoxy) is 5. The lowest BCUT2D eigenvalue weighted by molar-refractivity contribution is -0.177. The number of cyclic esters (lactones) is 2. The number of carbonyl (C=O) groups excluding carboxylic acids is 16. The normalized spacial score (nSPS) is 21.3. The number of nitrogens with one attached hydrogen (secondary N) is 8. The van der Waals surface area contributed by atoms with Gasteiger partial charge in [0.05, 0.1) is 32.5 Å². The number of rotatable bonds is 35. The van der Waals surface area contributed by atoms with Crippen LogP contribution in [0.1, 0.15) is 127 Å².